The van der Waals surface area contributed by atoms with Crippen molar-refractivity contribution >= 4 is 0 Å². The van der Waals surface area contributed by atoms with Crippen molar-refractivity contribution < 1.29 is 9.13 Å². The van der Waals surface area contributed by atoms with E-state index in [1.807, 2.05) is 13.8 Å². The molecule has 106 valence electrons. The number of ether oxygens (including phenoxy) is 1. The molecule has 5 heteroatoms. The van der Waals surface area contributed by atoms with E-state index in [1.54, 1.807) is 18.0 Å². The van der Waals surface area contributed by atoms with Gasteiger partial charge in [-0.05, 0) is 26.7 Å². The maximum absolute atomic E-state index is 15.6. The Kier molecular flexibility index (Phi) is 3.04. The lowest BCUT2D eigenvalue weighted by Crippen LogP contribution is -2.45. The summed E-state index contributed by atoms with van der Waals surface area (Å²) < 4.78 is 22.7. The van der Waals surface area contributed by atoms with Gasteiger partial charge in [0.1, 0.15) is 5.69 Å². The van der Waals surface area contributed by atoms with Gasteiger partial charge >= 0.3 is 0 Å². The average Bonchev–Trinajstić information content (AvgIpc) is 2.93. The average molecular weight is 267 g/mol. The zero-order valence-corrected chi connectivity index (χ0v) is 11.8. The Morgan fingerprint density at radius 1 is 1.42 bits per heavy atom. The van der Waals surface area contributed by atoms with Gasteiger partial charge in [-0.2, -0.15) is 5.10 Å². The smallest absolute Gasteiger partial charge is 0.163 e. The van der Waals surface area contributed by atoms with E-state index in [2.05, 4.69) is 10.4 Å². The van der Waals surface area contributed by atoms with Crippen LogP contribution in [-0.4, -0.2) is 29.0 Å². The van der Waals surface area contributed by atoms with E-state index in [4.69, 9.17) is 4.74 Å². The van der Waals surface area contributed by atoms with Crippen molar-refractivity contribution in [3.63, 3.8) is 0 Å². The van der Waals surface area contributed by atoms with Crippen LogP contribution in [0.3, 0.4) is 0 Å². The highest BCUT2D eigenvalue weighted by Crippen LogP contribution is 2.47. The fourth-order valence-corrected chi connectivity index (χ4v) is 3.60. The van der Waals surface area contributed by atoms with Crippen molar-refractivity contribution in [1.82, 2.24) is 15.1 Å². The molecule has 2 saturated heterocycles. The van der Waals surface area contributed by atoms with Gasteiger partial charge < -0.3 is 10.1 Å². The minimum atomic E-state index is -1.32. The van der Waals surface area contributed by atoms with E-state index in [0.717, 1.165) is 12.8 Å². The predicted octanol–water partition coefficient (Wildman–Crippen LogP) is 2.55. The van der Waals surface area contributed by atoms with E-state index in [0.29, 0.717) is 36.4 Å². The summed E-state index contributed by atoms with van der Waals surface area (Å²) in [4.78, 5) is 0. The van der Waals surface area contributed by atoms with E-state index < -0.39 is 5.67 Å². The van der Waals surface area contributed by atoms with E-state index >= 15 is 4.39 Å². The second-order valence-electron chi connectivity index (χ2n) is 6.11. The molecule has 2 fully saturated rings. The lowest BCUT2D eigenvalue weighted by molar-refractivity contribution is 0.0726. The fraction of sp³-hybridized carbons (Fsp3) is 0.786. The van der Waals surface area contributed by atoms with E-state index in [-0.39, 0.29) is 6.04 Å². The van der Waals surface area contributed by atoms with Gasteiger partial charge in [0.15, 0.2) is 11.4 Å². The van der Waals surface area contributed by atoms with Crippen molar-refractivity contribution in [3.05, 3.63) is 11.9 Å². The summed E-state index contributed by atoms with van der Waals surface area (Å²) in [6, 6.07) is 0.729. The molecule has 1 N–H and O–H groups in total. The molecule has 19 heavy (non-hydrogen) atoms. The number of nitrogens with one attached hydrogen (secondary N) is 1. The second kappa shape index (κ2) is 4.47. The lowest BCUT2D eigenvalue weighted by Gasteiger charge is -2.36. The lowest BCUT2D eigenvalue weighted by atomic mass is 9.85. The number of piperidine rings is 1. The van der Waals surface area contributed by atoms with Crippen molar-refractivity contribution in [2.75, 3.05) is 7.11 Å². The topological polar surface area (TPSA) is 39.1 Å². The Bertz CT molecular complexity index is 459. The van der Waals surface area contributed by atoms with Gasteiger partial charge in [-0.15, -0.1) is 0 Å². The Morgan fingerprint density at radius 3 is 2.58 bits per heavy atom. The first-order chi connectivity index (χ1) is 9.03. The van der Waals surface area contributed by atoms with Crippen LogP contribution in [0.15, 0.2) is 6.20 Å². The normalized spacial score (nSPS) is 33.9. The van der Waals surface area contributed by atoms with Gasteiger partial charge in [-0.1, -0.05) is 0 Å². The zero-order chi connectivity index (χ0) is 13.6. The Balaban J connectivity index is 2.02. The molecule has 2 aliphatic rings. The van der Waals surface area contributed by atoms with Gasteiger partial charge in [0.05, 0.1) is 13.3 Å². The van der Waals surface area contributed by atoms with Crippen LogP contribution in [-0.2, 0) is 5.67 Å². The first kappa shape index (κ1) is 12.9. The second-order valence-corrected chi connectivity index (χ2v) is 6.11. The molecule has 0 saturated carbocycles. The molecule has 0 spiro atoms. The number of hydrogen-bond acceptors (Lipinski definition) is 3. The third-order valence-electron chi connectivity index (χ3n) is 4.37. The molecule has 1 aromatic rings. The van der Waals surface area contributed by atoms with Gasteiger partial charge in [0, 0.05) is 31.0 Å². The summed E-state index contributed by atoms with van der Waals surface area (Å²) in [6.07, 6.45) is 4.85. The van der Waals surface area contributed by atoms with Crippen LogP contribution >= 0.6 is 0 Å². The summed E-state index contributed by atoms with van der Waals surface area (Å²) in [6.45, 7) is 4.05. The highest BCUT2D eigenvalue weighted by atomic mass is 19.1. The molecule has 3 heterocycles. The molecule has 0 aliphatic carbocycles. The minimum absolute atomic E-state index is 0.138. The minimum Gasteiger partial charge on any atom is -0.493 e. The third-order valence-corrected chi connectivity index (χ3v) is 4.37. The standard InChI is InChI=1S/C14H22FN3O/c1-9(2)18-13(12(19-3)8-16-18)14(15)6-10-4-5-11(7-14)17-10/h8-11,17H,4-7H2,1-3H3. The number of nitrogens with zero attached hydrogens (tertiary/aromatic N) is 2. The number of methoxy groups -OCH3 is 1. The number of alkyl halides is 1. The van der Waals surface area contributed by atoms with Gasteiger partial charge in [-0.3, -0.25) is 4.68 Å². The number of halogens is 1. The fourth-order valence-electron chi connectivity index (χ4n) is 3.60. The van der Waals surface area contributed by atoms with Crippen molar-refractivity contribution in [2.45, 2.75) is 63.3 Å². The molecule has 0 radical (unpaired) electrons. The molecular weight excluding hydrogens is 245 g/mol. The summed E-state index contributed by atoms with van der Waals surface area (Å²) >= 11 is 0. The number of fused-ring (bicyclic) bond motifs is 2. The van der Waals surface area contributed by atoms with Crippen LogP contribution < -0.4 is 10.1 Å². The largest absolute Gasteiger partial charge is 0.493 e. The summed E-state index contributed by atoms with van der Waals surface area (Å²) in [5.41, 5.74) is -0.688. The third kappa shape index (κ3) is 2.04. The molecular formula is C14H22FN3O. The van der Waals surface area contributed by atoms with Crippen LogP contribution in [0.25, 0.3) is 0 Å². The van der Waals surface area contributed by atoms with Crippen molar-refractivity contribution in [1.29, 1.82) is 0 Å². The van der Waals surface area contributed by atoms with E-state index in [9.17, 15) is 0 Å². The molecule has 2 aliphatic heterocycles. The van der Waals surface area contributed by atoms with E-state index in [1.165, 1.54) is 0 Å². The SMILES string of the molecule is COc1cnn(C(C)C)c1C1(F)CC2CCC(C1)N2. The maximum atomic E-state index is 15.6. The first-order valence-electron chi connectivity index (χ1n) is 7.10. The Hall–Kier alpha value is -1.10. The molecule has 0 amide bonds. The first-order valence-corrected chi connectivity index (χ1v) is 7.10. The monoisotopic (exact) mass is 267 g/mol. The quantitative estimate of drug-likeness (QED) is 0.914. The Labute approximate surface area is 113 Å². The van der Waals surface area contributed by atoms with Crippen LogP contribution in [0.2, 0.25) is 0 Å². The molecule has 2 bridgehead atoms. The van der Waals surface area contributed by atoms with Crippen LogP contribution in [0.5, 0.6) is 5.75 Å². The zero-order valence-electron chi connectivity index (χ0n) is 11.8. The number of hydrogen-bond donors (Lipinski definition) is 1. The van der Waals surface area contributed by atoms with Gasteiger partial charge in [0.2, 0.25) is 0 Å². The molecule has 2 atom stereocenters. The van der Waals surface area contributed by atoms with Crippen LogP contribution in [0.4, 0.5) is 4.39 Å². The Morgan fingerprint density at radius 2 is 2.05 bits per heavy atom. The molecule has 2 unspecified atom stereocenters. The molecule has 0 aromatic carbocycles. The highest BCUT2D eigenvalue weighted by Gasteiger charge is 2.48. The van der Waals surface area contributed by atoms with Gasteiger partial charge in [-0.25, -0.2) is 4.39 Å². The van der Waals surface area contributed by atoms with Crippen LogP contribution in [0.1, 0.15) is 51.3 Å². The number of aromatic nitrogens is 2. The molecule has 1 aromatic heterocycles. The summed E-state index contributed by atoms with van der Waals surface area (Å²) in [5, 5.41) is 7.79. The number of rotatable bonds is 3. The van der Waals surface area contributed by atoms with Gasteiger partial charge in [0.25, 0.3) is 0 Å². The summed E-state index contributed by atoms with van der Waals surface area (Å²) in [7, 11) is 1.59. The van der Waals surface area contributed by atoms with Crippen molar-refractivity contribution in [2.24, 2.45) is 0 Å². The molecule has 3 rings (SSSR count). The molecule has 4 nitrogen and oxygen atoms in total. The predicted molar refractivity (Wildman–Crippen MR) is 71.1 cm³/mol. The highest BCUT2D eigenvalue weighted by molar-refractivity contribution is 5.33. The van der Waals surface area contributed by atoms with Crippen molar-refractivity contribution in [3.8, 4) is 5.75 Å². The maximum Gasteiger partial charge on any atom is 0.163 e. The summed E-state index contributed by atoms with van der Waals surface area (Å²) in [5.74, 6) is 0.581. The van der Waals surface area contributed by atoms with Crippen LogP contribution in [0, 0.1) is 0 Å².